The van der Waals surface area contributed by atoms with Gasteiger partial charge in [0.15, 0.2) is 0 Å². The number of carboxylic acids is 1. The summed E-state index contributed by atoms with van der Waals surface area (Å²) in [6, 6.07) is -0.387. The molecule has 0 aromatic rings. The molecule has 0 aliphatic carbocycles. The molecule has 7 heteroatoms. The number of aliphatic hydroxyl groups is 1. The number of carbonyl (C=O) groups excluding carboxylic acids is 1. The molecule has 7 nitrogen and oxygen atoms in total. The van der Waals surface area contributed by atoms with E-state index in [0.29, 0.717) is 13.0 Å². The van der Waals surface area contributed by atoms with Crippen molar-refractivity contribution >= 4 is 12.0 Å². The van der Waals surface area contributed by atoms with Crippen molar-refractivity contribution < 1.29 is 24.5 Å². The summed E-state index contributed by atoms with van der Waals surface area (Å²) in [6.07, 6.45) is 1.03. The molecule has 0 bridgehead atoms. The monoisotopic (exact) mass is 288 g/mol. The van der Waals surface area contributed by atoms with Crippen LogP contribution in [0, 0.1) is 0 Å². The van der Waals surface area contributed by atoms with Gasteiger partial charge >= 0.3 is 12.0 Å². The number of amides is 2. The summed E-state index contributed by atoms with van der Waals surface area (Å²) in [6.45, 7) is 5.79. The molecule has 0 saturated carbocycles. The van der Waals surface area contributed by atoms with Crippen LogP contribution in [0.4, 0.5) is 4.79 Å². The summed E-state index contributed by atoms with van der Waals surface area (Å²) in [5, 5.41) is 23.7. The molecule has 1 heterocycles. The van der Waals surface area contributed by atoms with Gasteiger partial charge in [0.1, 0.15) is 0 Å². The Hall–Kier alpha value is -1.34. The Kier molecular flexibility index (Phi) is 5.35. The second-order valence-corrected chi connectivity index (χ2v) is 6.19. The number of rotatable bonds is 5. The number of hydrogen-bond acceptors (Lipinski definition) is 4. The Morgan fingerprint density at radius 2 is 2.10 bits per heavy atom. The highest BCUT2D eigenvalue weighted by atomic mass is 16.5. The maximum Gasteiger partial charge on any atom is 0.315 e. The van der Waals surface area contributed by atoms with Crippen molar-refractivity contribution in [3.05, 3.63) is 0 Å². The number of carboxylic acid groups (broad SMARTS) is 1. The minimum atomic E-state index is -1.46. The fourth-order valence-corrected chi connectivity index (χ4v) is 2.25. The van der Waals surface area contributed by atoms with Gasteiger partial charge in [-0.2, -0.15) is 0 Å². The van der Waals surface area contributed by atoms with Crippen LogP contribution in [-0.4, -0.2) is 52.6 Å². The first kappa shape index (κ1) is 16.7. The highest BCUT2D eigenvalue weighted by Gasteiger charge is 2.30. The van der Waals surface area contributed by atoms with Gasteiger partial charge in [0.2, 0.25) is 0 Å². The van der Waals surface area contributed by atoms with E-state index in [1.165, 1.54) is 6.92 Å². The quantitative estimate of drug-likeness (QED) is 0.588. The maximum absolute atomic E-state index is 11.7. The number of carbonyl (C=O) groups is 2. The summed E-state index contributed by atoms with van der Waals surface area (Å²) < 4.78 is 5.56. The third kappa shape index (κ3) is 6.21. The number of nitrogens with one attached hydrogen (secondary N) is 2. The van der Waals surface area contributed by atoms with Crippen molar-refractivity contribution in [1.82, 2.24) is 10.6 Å². The van der Waals surface area contributed by atoms with Crippen molar-refractivity contribution in [1.29, 1.82) is 0 Å². The molecule has 2 atom stereocenters. The molecular formula is C13H24N2O5. The van der Waals surface area contributed by atoms with Crippen LogP contribution in [0.1, 0.15) is 40.0 Å². The highest BCUT2D eigenvalue weighted by molar-refractivity contribution is 5.74. The summed E-state index contributed by atoms with van der Waals surface area (Å²) in [4.78, 5) is 22.3. The molecule has 116 valence electrons. The maximum atomic E-state index is 11.7. The van der Waals surface area contributed by atoms with Crippen molar-refractivity contribution in [2.45, 2.75) is 57.3 Å². The highest BCUT2D eigenvalue weighted by Crippen LogP contribution is 2.23. The second kappa shape index (κ2) is 6.41. The molecule has 1 fully saturated rings. The molecule has 0 aromatic heterocycles. The zero-order chi connectivity index (χ0) is 15.4. The number of aliphatic carboxylic acids is 1. The van der Waals surface area contributed by atoms with Gasteiger partial charge in [0.25, 0.3) is 0 Å². The van der Waals surface area contributed by atoms with E-state index in [9.17, 15) is 14.7 Å². The van der Waals surface area contributed by atoms with E-state index in [4.69, 9.17) is 9.84 Å². The molecule has 1 aliphatic heterocycles. The first-order valence-corrected chi connectivity index (χ1v) is 6.72. The molecule has 1 rings (SSSR count). The fraction of sp³-hybridized carbons (Fsp3) is 0.846. The van der Waals surface area contributed by atoms with Gasteiger partial charge in [0, 0.05) is 19.2 Å². The van der Waals surface area contributed by atoms with Crippen molar-refractivity contribution in [2.75, 3.05) is 13.2 Å². The van der Waals surface area contributed by atoms with E-state index in [2.05, 4.69) is 10.6 Å². The largest absolute Gasteiger partial charge is 0.481 e. The Morgan fingerprint density at radius 3 is 2.65 bits per heavy atom. The van der Waals surface area contributed by atoms with E-state index >= 15 is 0 Å². The Balaban J connectivity index is 2.35. The van der Waals surface area contributed by atoms with E-state index in [1.54, 1.807) is 0 Å². The molecular weight excluding hydrogens is 264 g/mol. The molecule has 2 unspecified atom stereocenters. The van der Waals surface area contributed by atoms with Gasteiger partial charge in [-0.25, -0.2) is 4.79 Å². The van der Waals surface area contributed by atoms with Crippen LogP contribution in [0.15, 0.2) is 0 Å². The molecule has 0 spiro atoms. The van der Waals surface area contributed by atoms with E-state index in [1.807, 2.05) is 13.8 Å². The first-order valence-electron chi connectivity index (χ1n) is 6.72. The fourth-order valence-electron chi connectivity index (χ4n) is 2.25. The van der Waals surface area contributed by atoms with E-state index in [-0.39, 0.29) is 18.2 Å². The topological polar surface area (TPSA) is 108 Å². The third-order valence-corrected chi connectivity index (χ3v) is 3.19. The van der Waals surface area contributed by atoms with Crippen LogP contribution < -0.4 is 10.6 Å². The SMILES string of the molecule is CC(O)(CNC(=O)NC1CCOC(C)(C)C1)CC(=O)O. The lowest BCUT2D eigenvalue weighted by Gasteiger charge is -2.35. The van der Waals surface area contributed by atoms with Crippen LogP contribution in [0.25, 0.3) is 0 Å². The number of urea groups is 1. The van der Waals surface area contributed by atoms with Crippen LogP contribution in [-0.2, 0) is 9.53 Å². The minimum absolute atomic E-state index is 0.0168. The smallest absolute Gasteiger partial charge is 0.315 e. The van der Waals surface area contributed by atoms with E-state index in [0.717, 1.165) is 6.42 Å². The standard InChI is InChI=1S/C13H24N2O5/c1-12(2)6-9(4-5-20-12)15-11(18)14-8-13(3,19)7-10(16)17/h9,19H,4-8H2,1-3H3,(H,16,17)(H2,14,15,18). The van der Waals surface area contributed by atoms with Crippen LogP contribution >= 0.6 is 0 Å². The predicted molar refractivity (Wildman–Crippen MR) is 72.5 cm³/mol. The summed E-state index contributed by atoms with van der Waals surface area (Å²) in [5.74, 6) is -1.11. The summed E-state index contributed by atoms with van der Waals surface area (Å²) in [7, 11) is 0. The predicted octanol–water partition coefficient (Wildman–Crippen LogP) is 0.469. The van der Waals surface area contributed by atoms with Crippen molar-refractivity contribution in [3.8, 4) is 0 Å². The van der Waals surface area contributed by atoms with Crippen molar-refractivity contribution in [2.24, 2.45) is 0 Å². The average molecular weight is 288 g/mol. The molecule has 0 radical (unpaired) electrons. The zero-order valence-corrected chi connectivity index (χ0v) is 12.2. The molecule has 4 N–H and O–H groups in total. The minimum Gasteiger partial charge on any atom is -0.481 e. The Morgan fingerprint density at radius 1 is 1.45 bits per heavy atom. The van der Waals surface area contributed by atoms with E-state index < -0.39 is 24.0 Å². The molecule has 2 amide bonds. The lowest BCUT2D eigenvalue weighted by molar-refractivity contribution is -0.141. The zero-order valence-electron chi connectivity index (χ0n) is 12.2. The van der Waals surface area contributed by atoms with Gasteiger partial charge in [-0.1, -0.05) is 0 Å². The summed E-state index contributed by atoms with van der Waals surface area (Å²) in [5.41, 5.74) is -1.72. The van der Waals surface area contributed by atoms with Crippen LogP contribution in [0.3, 0.4) is 0 Å². The average Bonchev–Trinajstić information content (AvgIpc) is 2.23. The molecule has 20 heavy (non-hydrogen) atoms. The molecule has 1 saturated heterocycles. The van der Waals surface area contributed by atoms with Gasteiger partial charge in [-0.15, -0.1) is 0 Å². The summed E-state index contributed by atoms with van der Waals surface area (Å²) >= 11 is 0. The molecule has 0 aromatic carbocycles. The van der Waals surface area contributed by atoms with Crippen LogP contribution in [0.5, 0.6) is 0 Å². The van der Waals surface area contributed by atoms with Gasteiger partial charge in [0.05, 0.1) is 17.6 Å². The number of ether oxygens (including phenoxy) is 1. The Labute approximate surface area is 118 Å². The van der Waals surface area contributed by atoms with Gasteiger partial charge < -0.3 is 25.6 Å². The lowest BCUT2D eigenvalue weighted by Crippen LogP contribution is -2.51. The number of hydrogen-bond donors (Lipinski definition) is 4. The van der Waals surface area contributed by atoms with Gasteiger partial charge in [-0.05, 0) is 33.6 Å². The second-order valence-electron chi connectivity index (χ2n) is 6.19. The lowest BCUT2D eigenvalue weighted by atomic mass is 9.94. The first-order chi connectivity index (χ1) is 9.10. The third-order valence-electron chi connectivity index (χ3n) is 3.19. The normalized spacial score (nSPS) is 24.5. The van der Waals surface area contributed by atoms with Gasteiger partial charge in [-0.3, -0.25) is 4.79 Å². The Bertz CT molecular complexity index is 368. The molecule has 1 aliphatic rings. The van der Waals surface area contributed by atoms with Crippen molar-refractivity contribution in [3.63, 3.8) is 0 Å². The van der Waals surface area contributed by atoms with Crippen LogP contribution in [0.2, 0.25) is 0 Å².